The number of halogens is 1. The summed E-state index contributed by atoms with van der Waals surface area (Å²) in [6.07, 6.45) is 0.829. The third-order valence-electron chi connectivity index (χ3n) is 4.47. The zero-order valence-corrected chi connectivity index (χ0v) is 21.3. The summed E-state index contributed by atoms with van der Waals surface area (Å²) in [7, 11) is 5.03. The number of para-hydroxylation sites is 1. The summed E-state index contributed by atoms with van der Waals surface area (Å²) in [5.74, 6) is 3.71. The van der Waals surface area contributed by atoms with Gasteiger partial charge in [-0.15, -0.1) is 24.0 Å². The van der Waals surface area contributed by atoms with Crippen molar-refractivity contribution in [1.29, 1.82) is 0 Å². The molecule has 0 bridgehead atoms. The summed E-state index contributed by atoms with van der Waals surface area (Å²) in [4.78, 5) is 4.30. The van der Waals surface area contributed by atoms with E-state index in [0.29, 0.717) is 25.5 Å². The molecule has 0 amide bonds. The van der Waals surface area contributed by atoms with Gasteiger partial charge in [-0.1, -0.05) is 18.2 Å². The maximum atomic E-state index is 5.70. The maximum Gasteiger partial charge on any atom is 0.191 e. The fraction of sp³-hybridized carbons (Fsp3) is 0.435. The molecule has 2 rings (SSSR count). The van der Waals surface area contributed by atoms with Gasteiger partial charge in [0.1, 0.15) is 0 Å². The average molecular weight is 543 g/mol. The Kier molecular flexibility index (Phi) is 12.6. The number of nitrogens with zero attached hydrogens (tertiary/aromatic N) is 1. The number of guanidine groups is 1. The van der Waals surface area contributed by atoms with E-state index in [4.69, 9.17) is 18.9 Å². The largest absolute Gasteiger partial charge is 0.493 e. The lowest BCUT2D eigenvalue weighted by molar-refractivity contribution is 0.287. The van der Waals surface area contributed by atoms with Gasteiger partial charge in [-0.3, -0.25) is 4.99 Å². The van der Waals surface area contributed by atoms with Gasteiger partial charge in [0.2, 0.25) is 0 Å². The Balaban J connectivity index is 0.00000480. The van der Waals surface area contributed by atoms with Gasteiger partial charge < -0.3 is 29.6 Å². The van der Waals surface area contributed by atoms with E-state index in [-0.39, 0.29) is 24.0 Å². The third-order valence-corrected chi connectivity index (χ3v) is 4.47. The first-order chi connectivity index (χ1) is 14.7. The quantitative estimate of drug-likeness (QED) is 0.254. The number of ether oxygens (including phenoxy) is 4. The maximum absolute atomic E-state index is 5.70. The van der Waals surface area contributed by atoms with Gasteiger partial charge in [0.05, 0.1) is 27.4 Å². The van der Waals surface area contributed by atoms with Crippen molar-refractivity contribution in [2.24, 2.45) is 4.99 Å². The molecule has 8 heteroatoms. The highest BCUT2D eigenvalue weighted by Gasteiger charge is 2.10. The van der Waals surface area contributed by atoms with Gasteiger partial charge in [-0.25, -0.2) is 0 Å². The van der Waals surface area contributed by atoms with Crippen molar-refractivity contribution in [2.75, 3.05) is 41.0 Å². The van der Waals surface area contributed by atoms with Crippen LogP contribution in [0.4, 0.5) is 0 Å². The van der Waals surface area contributed by atoms with Crippen molar-refractivity contribution in [2.45, 2.75) is 26.8 Å². The topological polar surface area (TPSA) is 73.3 Å². The molecule has 0 radical (unpaired) electrons. The SMILES string of the molecule is CCOc1ccc(CCNC(=NC)NCc2cccc(OC)c2OC)cc1OCC.I. The van der Waals surface area contributed by atoms with Crippen LogP contribution in [-0.4, -0.2) is 47.0 Å². The molecule has 7 nitrogen and oxygen atoms in total. The first kappa shape index (κ1) is 26.7. The van der Waals surface area contributed by atoms with Crippen molar-refractivity contribution in [3.63, 3.8) is 0 Å². The number of methoxy groups -OCH3 is 2. The van der Waals surface area contributed by atoms with Gasteiger partial charge in [0, 0.05) is 25.7 Å². The molecule has 0 saturated heterocycles. The van der Waals surface area contributed by atoms with Crippen LogP contribution in [0.15, 0.2) is 41.4 Å². The number of rotatable bonds is 11. The smallest absolute Gasteiger partial charge is 0.191 e. The molecule has 2 aromatic rings. The normalized spacial score (nSPS) is 10.7. The van der Waals surface area contributed by atoms with E-state index in [1.807, 2.05) is 44.2 Å². The third kappa shape index (κ3) is 8.01. The predicted molar refractivity (Wildman–Crippen MR) is 136 cm³/mol. The second-order valence-corrected chi connectivity index (χ2v) is 6.40. The molecule has 0 aliphatic rings. The summed E-state index contributed by atoms with van der Waals surface area (Å²) in [5.41, 5.74) is 2.16. The summed E-state index contributed by atoms with van der Waals surface area (Å²) < 4.78 is 22.2. The zero-order valence-electron chi connectivity index (χ0n) is 19.0. The first-order valence-corrected chi connectivity index (χ1v) is 10.2. The van der Waals surface area contributed by atoms with Crippen LogP contribution in [0.3, 0.4) is 0 Å². The fourth-order valence-corrected chi connectivity index (χ4v) is 3.07. The van der Waals surface area contributed by atoms with Crippen LogP contribution in [0.1, 0.15) is 25.0 Å². The lowest BCUT2D eigenvalue weighted by atomic mass is 10.1. The molecule has 0 aromatic heterocycles. The van der Waals surface area contributed by atoms with Crippen molar-refractivity contribution in [1.82, 2.24) is 10.6 Å². The van der Waals surface area contributed by atoms with Crippen molar-refractivity contribution >= 4 is 29.9 Å². The molecule has 0 atom stereocenters. The number of aliphatic imine (C=N–C) groups is 1. The Morgan fingerprint density at radius 1 is 0.903 bits per heavy atom. The molecule has 0 fully saturated rings. The van der Waals surface area contributed by atoms with E-state index >= 15 is 0 Å². The van der Waals surface area contributed by atoms with Crippen molar-refractivity contribution in [3.8, 4) is 23.0 Å². The molecule has 0 saturated carbocycles. The molecule has 0 unspecified atom stereocenters. The predicted octanol–water partition coefficient (Wildman–Crippen LogP) is 4.03. The molecule has 2 N–H and O–H groups in total. The molecular formula is C23H34IN3O4. The fourth-order valence-electron chi connectivity index (χ4n) is 3.07. The van der Waals surface area contributed by atoms with E-state index in [9.17, 15) is 0 Å². The van der Waals surface area contributed by atoms with Crippen LogP contribution in [0.2, 0.25) is 0 Å². The van der Waals surface area contributed by atoms with Crippen LogP contribution < -0.4 is 29.6 Å². The van der Waals surface area contributed by atoms with E-state index in [1.54, 1.807) is 21.3 Å². The van der Waals surface area contributed by atoms with E-state index in [2.05, 4.69) is 21.7 Å². The van der Waals surface area contributed by atoms with Crippen LogP contribution in [0.5, 0.6) is 23.0 Å². The minimum atomic E-state index is 0. The second-order valence-electron chi connectivity index (χ2n) is 6.40. The minimum Gasteiger partial charge on any atom is -0.493 e. The second kappa shape index (κ2) is 14.6. The zero-order chi connectivity index (χ0) is 21.8. The van der Waals surface area contributed by atoms with Crippen molar-refractivity contribution in [3.05, 3.63) is 47.5 Å². The average Bonchev–Trinajstić information content (AvgIpc) is 2.77. The van der Waals surface area contributed by atoms with E-state index in [1.165, 1.54) is 5.56 Å². The van der Waals surface area contributed by atoms with Gasteiger partial charge in [0.25, 0.3) is 0 Å². The highest BCUT2D eigenvalue weighted by molar-refractivity contribution is 14.0. The number of hydrogen-bond donors (Lipinski definition) is 2. The van der Waals surface area contributed by atoms with Gasteiger partial charge in [-0.2, -0.15) is 0 Å². The van der Waals surface area contributed by atoms with Crippen LogP contribution >= 0.6 is 24.0 Å². The molecule has 2 aromatic carbocycles. The number of hydrogen-bond acceptors (Lipinski definition) is 5. The van der Waals surface area contributed by atoms with Gasteiger partial charge in [-0.05, 0) is 44.0 Å². The Hall–Kier alpha value is -2.36. The lowest BCUT2D eigenvalue weighted by Gasteiger charge is -2.16. The lowest BCUT2D eigenvalue weighted by Crippen LogP contribution is -2.37. The molecule has 0 heterocycles. The molecule has 0 aliphatic carbocycles. The van der Waals surface area contributed by atoms with Crippen LogP contribution in [0, 0.1) is 0 Å². The summed E-state index contributed by atoms with van der Waals surface area (Å²) >= 11 is 0. The molecular weight excluding hydrogens is 509 g/mol. The summed E-state index contributed by atoms with van der Waals surface area (Å²) in [6.45, 7) is 6.45. The Bertz CT molecular complexity index is 830. The van der Waals surface area contributed by atoms with Gasteiger partial charge in [0.15, 0.2) is 29.0 Å². The molecule has 0 aliphatic heterocycles. The first-order valence-electron chi connectivity index (χ1n) is 10.2. The Morgan fingerprint density at radius 2 is 1.65 bits per heavy atom. The Morgan fingerprint density at radius 3 is 2.29 bits per heavy atom. The van der Waals surface area contributed by atoms with E-state index < -0.39 is 0 Å². The molecule has 172 valence electrons. The molecule has 0 spiro atoms. The summed E-state index contributed by atoms with van der Waals surface area (Å²) in [5, 5.41) is 6.65. The van der Waals surface area contributed by atoms with Crippen LogP contribution in [0.25, 0.3) is 0 Å². The standard InChI is InChI=1S/C23H33N3O4.HI/c1-6-29-19-12-11-17(15-21(19)30-7-2)13-14-25-23(24-3)26-16-18-9-8-10-20(27-4)22(18)28-5;/h8-12,15H,6-7,13-14,16H2,1-5H3,(H2,24,25,26);1H. The molecule has 31 heavy (non-hydrogen) atoms. The van der Waals surface area contributed by atoms with E-state index in [0.717, 1.165) is 41.7 Å². The Labute approximate surface area is 202 Å². The number of benzene rings is 2. The summed E-state index contributed by atoms with van der Waals surface area (Å²) in [6, 6.07) is 11.9. The van der Waals surface area contributed by atoms with Crippen LogP contribution in [-0.2, 0) is 13.0 Å². The number of nitrogens with one attached hydrogen (secondary N) is 2. The highest BCUT2D eigenvalue weighted by atomic mass is 127. The highest BCUT2D eigenvalue weighted by Crippen LogP contribution is 2.30. The van der Waals surface area contributed by atoms with Gasteiger partial charge >= 0.3 is 0 Å². The minimum absolute atomic E-state index is 0. The van der Waals surface area contributed by atoms with Crippen molar-refractivity contribution < 1.29 is 18.9 Å². The monoisotopic (exact) mass is 543 g/mol.